The molecule has 0 amide bonds. The van der Waals surface area contributed by atoms with E-state index in [1.54, 1.807) is 7.11 Å². The zero-order valence-electron chi connectivity index (χ0n) is 12.7. The lowest BCUT2D eigenvalue weighted by molar-refractivity contribution is 0.405. The van der Waals surface area contributed by atoms with Gasteiger partial charge in [0.05, 0.1) is 24.5 Å². The molecule has 0 spiro atoms. The molecule has 2 rings (SSSR count). The summed E-state index contributed by atoms with van der Waals surface area (Å²) in [5, 5.41) is 7.91. The van der Waals surface area contributed by atoms with Crippen molar-refractivity contribution >= 4 is 0 Å². The van der Waals surface area contributed by atoms with Gasteiger partial charge < -0.3 is 10.1 Å². The first-order valence-electron chi connectivity index (χ1n) is 7.01. The maximum Gasteiger partial charge on any atom is 0.122 e. The Labute approximate surface area is 120 Å². The van der Waals surface area contributed by atoms with Crippen molar-refractivity contribution in [2.45, 2.75) is 25.8 Å². The van der Waals surface area contributed by atoms with Crippen LogP contribution < -0.4 is 10.1 Å². The van der Waals surface area contributed by atoms with Crippen molar-refractivity contribution in [3.05, 3.63) is 47.3 Å². The number of likely N-dealkylation sites (N-methyl/N-ethyl adjacent to an activating group) is 1. The first-order chi connectivity index (χ1) is 9.69. The maximum atomic E-state index is 5.43. The second kappa shape index (κ2) is 6.57. The molecule has 1 atom stereocenters. The van der Waals surface area contributed by atoms with E-state index in [-0.39, 0.29) is 6.04 Å². The van der Waals surface area contributed by atoms with Crippen LogP contribution in [0.15, 0.2) is 30.3 Å². The van der Waals surface area contributed by atoms with Crippen LogP contribution in [0.25, 0.3) is 0 Å². The van der Waals surface area contributed by atoms with Gasteiger partial charge in [-0.15, -0.1) is 0 Å². The van der Waals surface area contributed by atoms with E-state index in [4.69, 9.17) is 4.74 Å². The minimum Gasteiger partial charge on any atom is -0.496 e. The number of ether oxygens (including phenoxy) is 1. The van der Waals surface area contributed by atoms with Crippen LogP contribution >= 0.6 is 0 Å². The van der Waals surface area contributed by atoms with Crippen molar-refractivity contribution in [2.75, 3.05) is 14.2 Å². The summed E-state index contributed by atoms with van der Waals surface area (Å²) in [4.78, 5) is 0. The number of methoxy groups -OCH3 is 1. The van der Waals surface area contributed by atoms with Crippen LogP contribution in [0, 0.1) is 0 Å². The van der Waals surface area contributed by atoms with E-state index in [2.05, 4.69) is 29.5 Å². The summed E-state index contributed by atoms with van der Waals surface area (Å²) < 4.78 is 7.40. The van der Waals surface area contributed by atoms with Gasteiger partial charge in [-0.3, -0.25) is 4.68 Å². The number of hydrogen-bond acceptors (Lipinski definition) is 3. The van der Waals surface area contributed by atoms with E-state index in [1.807, 2.05) is 37.0 Å². The molecule has 0 aliphatic rings. The number of para-hydroxylation sites is 1. The predicted molar refractivity (Wildman–Crippen MR) is 81.1 cm³/mol. The Kier molecular flexibility index (Phi) is 4.79. The van der Waals surface area contributed by atoms with E-state index in [9.17, 15) is 0 Å². The molecule has 108 valence electrons. The number of nitrogens with one attached hydrogen (secondary N) is 1. The second-order valence-corrected chi connectivity index (χ2v) is 4.89. The topological polar surface area (TPSA) is 39.1 Å². The Morgan fingerprint density at radius 2 is 2.10 bits per heavy atom. The van der Waals surface area contributed by atoms with Gasteiger partial charge >= 0.3 is 0 Å². The van der Waals surface area contributed by atoms with Crippen molar-refractivity contribution in [1.82, 2.24) is 15.1 Å². The fourth-order valence-electron chi connectivity index (χ4n) is 2.49. The SMILES string of the molecule is CCc1cc(C(Cc2ccccc2OC)NC)n(C)n1. The van der Waals surface area contributed by atoms with Crippen LogP contribution in [0.4, 0.5) is 0 Å². The van der Waals surface area contributed by atoms with Gasteiger partial charge in [0.2, 0.25) is 0 Å². The molecule has 0 aliphatic carbocycles. The molecule has 1 aromatic heterocycles. The number of aromatic nitrogens is 2. The number of aryl methyl sites for hydroxylation is 2. The predicted octanol–water partition coefficient (Wildman–Crippen LogP) is 2.49. The van der Waals surface area contributed by atoms with Gasteiger partial charge in [-0.2, -0.15) is 5.10 Å². The number of rotatable bonds is 6. The maximum absolute atomic E-state index is 5.43. The smallest absolute Gasteiger partial charge is 0.122 e. The summed E-state index contributed by atoms with van der Waals surface area (Å²) >= 11 is 0. The molecule has 2 aromatic rings. The Bertz CT molecular complexity index is 563. The van der Waals surface area contributed by atoms with Crippen LogP contribution in [0.3, 0.4) is 0 Å². The summed E-state index contributed by atoms with van der Waals surface area (Å²) in [5.74, 6) is 0.936. The van der Waals surface area contributed by atoms with E-state index >= 15 is 0 Å². The van der Waals surface area contributed by atoms with E-state index in [1.165, 1.54) is 11.3 Å². The minimum absolute atomic E-state index is 0.226. The highest BCUT2D eigenvalue weighted by atomic mass is 16.5. The fraction of sp³-hybridized carbons (Fsp3) is 0.438. The molecule has 4 heteroatoms. The monoisotopic (exact) mass is 273 g/mol. The largest absolute Gasteiger partial charge is 0.496 e. The highest BCUT2D eigenvalue weighted by Gasteiger charge is 2.17. The molecule has 0 fully saturated rings. The third-order valence-corrected chi connectivity index (χ3v) is 3.65. The second-order valence-electron chi connectivity index (χ2n) is 4.89. The molecule has 1 aromatic carbocycles. The van der Waals surface area contributed by atoms with Gasteiger partial charge in [-0.1, -0.05) is 25.1 Å². The Hall–Kier alpha value is -1.81. The van der Waals surface area contributed by atoms with E-state index in [0.29, 0.717) is 0 Å². The summed E-state index contributed by atoms with van der Waals surface area (Å²) in [7, 11) is 5.70. The van der Waals surface area contributed by atoms with E-state index < -0.39 is 0 Å². The molecule has 1 N–H and O–H groups in total. The molecule has 0 aliphatic heterocycles. The van der Waals surface area contributed by atoms with Crippen LogP contribution in [-0.4, -0.2) is 23.9 Å². The molecule has 1 heterocycles. The zero-order valence-corrected chi connectivity index (χ0v) is 12.7. The van der Waals surface area contributed by atoms with Gasteiger partial charge in [0.15, 0.2) is 0 Å². The van der Waals surface area contributed by atoms with Crippen LogP contribution in [0.2, 0.25) is 0 Å². The molecule has 20 heavy (non-hydrogen) atoms. The minimum atomic E-state index is 0.226. The van der Waals surface area contributed by atoms with Gasteiger partial charge in [-0.25, -0.2) is 0 Å². The highest BCUT2D eigenvalue weighted by molar-refractivity contribution is 5.34. The van der Waals surface area contributed by atoms with Gasteiger partial charge in [0.1, 0.15) is 5.75 Å². The van der Waals surface area contributed by atoms with Gasteiger partial charge in [-0.05, 0) is 37.6 Å². The molecule has 0 radical (unpaired) electrons. The first-order valence-corrected chi connectivity index (χ1v) is 7.01. The summed E-state index contributed by atoms with van der Waals surface area (Å²) in [5.41, 5.74) is 3.53. The first kappa shape index (κ1) is 14.6. The van der Waals surface area contributed by atoms with E-state index in [0.717, 1.165) is 24.3 Å². The van der Waals surface area contributed by atoms with Crippen LogP contribution in [0.5, 0.6) is 5.75 Å². The number of benzene rings is 1. The molecular weight excluding hydrogens is 250 g/mol. The quantitative estimate of drug-likeness (QED) is 0.879. The molecule has 4 nitrogen and oxygen atoms in total. The van der Waals surface area contributed by atoms with Gasteiger partial charge in [0.25, 0.3) is 0 Å². The Morgan fingerprint density at radius 3 is 2.70 bits per heavy atom. The third-order valence-electron chi connectivity index (χ3n) is 3.65. The van der Waals surface area contributed by atoms with Crippen molar-refractivity contribution in [1.29, 1.82) is 0 Å². The number of nitrogens with zero attached hydrogens (tertiary/aromatic N) is 2. The average molecular weight is 273 g/mol. The lowest BCUT2D eigenvalue weighted by Crippen LogP contribution is -2.21. The molecule has 0 saturated carbocycles. The highest BCUT2D eigenvalue weighted by Crippen LogP contribution is 2.25. The van der Waals surface area contributed by atoms with Crippen molar-refractivity contribution < 1.29 is 4.74 Å². The number of hydrogen-bond donors (Lipinski definition) is 1. The fourth-order valence-corrected chi connectivity index (χ4v) is 2.49. The summed E-state index contributed by atoms with van der Waals surface area (Å²) in [6.45, 7) is 2.13. The summed E-state index contributed by atoms with van der Waals surface area (Å²) in [6, 6.07) is 10.6. The zero-order chi connectivity index (χ0) is 14.5. The average Bonchev–Trinajstić information content (AvgIpc) is 2.86. The van der Waals surface area contributed by atoms with Crippen molar-refractivity contribution in [3.63, 3.8) is 0 Å². The standard InChI is InChI=1S/C16H23N3O/c1-5-13-11-15(19(3)18-13)14(17-2)10-12-8-6-7-9-16(12)20-4/h6-9,11,14,17H,5,10H2,1-4H3. The lowest BCUT2D eigenvalue weighted by atomic mass is 10.0. The third kappa shape index (κ3) is 3.02. The van der Waals surface area contributed by atoms with Crippen LogP contribution in [-0.2, 0) is 19.9 Å². The molecule has 0 bridgehead atoms. The summed E-state index contributed by atoms with van der Waals surface area (Å²) in [6.07, 6.45) is 1.84. The Balaban J connectivity index is 2.26. The molecular formula is C16H23N3O. The lowest BCUT2D eigenvalue weighted by Gasteiger charge is -2.18. The van der Waals surface area contributed by atoms with Crippen molar-refractivity contribution in [3.8, 4) is 5.75 Å². The van der Waals surface area contributed by atoms with Gasteiger partial charge in [0, 0.05) is 7.05 Å². The normalized spacial score (nSPS) is 12.4. The molecule has 0 saturated heterocycles. The van der Waals surface area contributed by atoms with Crippen LogP contribution in [0.1, 0.15) is 29.9 Å². The molecule has 1 unspecified atom stereocenters. The van der Waals surface area contributed by atoms with Crippen molar-refractivity contribution in [2.24, 2.45) is 7.05 Å². The Morgan fingerprint density at radius 1 is 1.35 bits per heavy atom.